The van der Waals surface area contributed by atoms with Gasteiger partial charge in [0.25, 0.3) is 0 Å². The second-order valence-corrected chi connectivity index (χ2v) is 5.46. The fraction of sp³-hybridized carbons (Fsp3) is 0.0476. The second kappa shape index (κ2) is 9.27. The molecule has 0 radical (unpaired) electrons. The minimum Gasteiger partial charge on any atom is -0.459 e. The van der Waals surface area contributed by atoms with Crippen molar-refractivity contribution in [1.82, 2.24) is 0 Å². The van der Waals surface area contributed by atoms with Crippen LogP contribution in [0.3, 0.4) is 0 Å². The number of esters is 2. The van der Waals surface area contributed by atoms with E-state index in [9.17, 15) is 18.4 Å². The molecule has 0 aliphatic heterocycles. The molecule has 0 amide bonds. The molecule has 0 bridgehead atoms. The van der Waals surface area contributed by atoms with Crippen LogP contribution in [0.15, 0.2) is 73.7 Å². The summed E-state index contributed by atoms with van der Waals surface area (Å²) in [6.45, 7) is 8.19. The lowest BCUT2D eigenvalue weighted by Gasteiger charge is -2.09. The molecule has 7 heteroatoms. The van der Waals surface area contributed by atoms with Crippen molar-refractivity contribution >= 4 is 11.9 Å². The molecule has 0 aliphatic rings. The van der Waals surface area contributed by atoms with Gasteiger partial charge >= 0.3 is 11.9 Å². The van der Waals surface area contributed by atoms with Crippen molar-refractivity contribution in [1.29, 1.82) is 0 Å². The van der Waals surface area contributed by atoms with Gasteiger partial charge in [-0.05, 0) is 36.8 Å². The molecule has 0 aliphatic carbocycles. The topological polar surface area (TPSA) is 61.8 Å². The van der Waals surface area contributed by atoms with E-state index >= 15 is 0 Å². The lowest BCUT2D eigenvalue weighted by Crippen LogP contribution is -2.07. The van der Waals surface area contributed by atoms with E-state index < -0.39 is 23.6 Å². The SMILES string of the molecule is C=CC(=O)O/C=C\Oc1ccc(-c2ccc(OC(=O)C(=C)C)cc2)c(F)c1F. The number of halogens is 2. The van der Waals surface area contributed by atoms with Crippen LogP contribution in [0.5, 0.6) is 11.5 Å². The highest BCUT2D eigenvalue weighted by atomic mass is 19.2. The van der Waals surface area contributed by atoms with Crippen molar-refractivity contribution in [2.45, 2.75) is 6.92 Å². The summed E-state index contributed by atoms with van der Waals surface area (Å²) in [5, 5.41) is 0. The van der Waals surface area contributed by atoms with E-state index in [1.54, 1.807) is 0 Å². The van der Waals surface area contributed by atoms with Crippen LogP contribution in [0.1, 0.15) is 6.92 Å². The Kier molecular flexibility index (Phi) is 6.81. The Morgan fingerprint density at radius 3 is 2.29 bits per heavy atom. The van der Waals surface area contributed by atoms with Gasteiger partial charge in [-0.2, -0.15) is 4.39 Å². The van der Waals surface area contributed by atoms with Gasteiger partial charge in [0, 0.05) is 17.2 Å². The Morgan fingerprint density at radius 1 is 1.00 bits per heavy atom. The van der Waals surface area contributed by atoms with E-state index in [-0.39, 0.29) is 22.6 Å². The van der Waals surface area contributed by atoms with Gasteiger partial charge in [-0.3, -0.25) is 0 Å². The number of hydrogen-bond acceptors (Lipinski definition) is 5. The predicted molar refractivity (Wildman–Crippen MR) is 98.3 cm³/mol. The predicted octanol–water partition coefficient (Wildman–Crippen LogP) is 4.69. The molecular formula is C21H16F2O5. The number of carbonyl (C=O) groups is 2. The summed E-state index contributed by atoms with van der Waals surface area (Å²) in [5.41, 5.74) is 0.597. The molecule has 0 spiro atoms. The summed E-state index contributed by atoms with van der Waals surface area (Å²) < 4.78 is 43.1. The fourth-order valence-corrected chi connectivity index (χ4v) is 1.99. The number of rotatable bonds is 7. The molecule has 0 saturated carbocycles. The minimum atomic E-state index is -1.21. The summed E-state index contributed by atoms with van der Waals surface area (Å²) in [6.07, 6.45) is 2.70. The van der Waals surface area contributed by atoms with Crippen molar-refractivity contribution < 1.29 is 32.6 Å². The van der Waals surface area contributed by atoms with Crippen LogP contribution < -0.4 is 9.47 Å². The molecule has 0 fully saturated rings. The summed E-state index contributed by atoms with van der Waals surface area (Å²) in [5.74, 6) is -3.79. The summed E-state index contributed by atoms with van der Waals surface area (Å²) in [7, 11) is 0. The Bertz CT molecular complexity index is 946. The van der Waals surface area contributed by atoms with E-state index in [2.05, 4.69) is 17.9 Å². The zero-order valence-electron chi connectivity index (χ0n) is 14.9. The molecule has 5 nitrogen and oxygen atoms in total. The average molecular weight is 386 g/mol. The highest BCUT2D eigenvalue weighted by molar-refractivity contribution is 5.88. The molecule has 0 atom stereocenters. The van der Waals surface area contributed by atoms with Gasteiger partial charge in [0.2, 0.25) is 5.82 Å². The zero-order valence-corrected chi connectivity index (χ0v) is 14.9. The normalized spacial score (nSPS) is 10.4. The third kappa shape index (κ3) is 5.14. The number of carbonyl (C=O) groups excluding carboxylic acids is 2. The lowest BCUT2D eigenvalue weighted by atomic mass is 10.0. The van der Waals surface area contributed by atoms with Crippen LogP contribution in [0.25, 0.3) is 11.1 Å². The first-order valence-corrected chi connectivity index (χ1v) is 7.94. The van der Waals surface area contributed by atoms with Crippen molar-refractivity contribution in [2.75, 3.05) is 0 Å². The summed E-state index contributed by atoms with van der Waals surface area (Å²) in [6, 6.07) is 8.42. The highest BCUT2D eigenvalue weighted by Crippen LogP contribution is 2.31. The monoisotopic (exact) mass is 386 g/mol. The van der Waals surface area contributed by atoms with Crippen molar-refractivity contribution in [2.24, 2.45) is 0 Å². The molecule has 0 aromatic heterocycles. The van der Waals surface area contributed by atoms with E-state index in [4.69, 9.17) is 9.47 Å². The van der Waals surface area contributed by atoms with E-state index in [0.717, 1.165) is 18.6 Å². The molecule has 0 heterocycles. The van der Waals surface area contributed by atoms with Gasteiger partial charge in [0.1, 0.15) is 18.3 Å². The Labute approximate surface area is 160 Å². The first-order chi connectivity index (χ1) is 13.3. The smallest absolute Gasteiger partial charge is 0.338 e. The van der Waals surface area contributed by atoms with Gasteiger partial charge in [0.15, 0.2) is 11.6 Å². The standard InChI is InChI=1S/C21H16F2O5/c1-4-18(24)27-12-11-26-17-10-9-16(19(22)20(17)23)14-5-7-15(8-6-14)28-21(25)13(2)3/h4-12H,1-2H2,3H3/b12-11-. The first-order valence-electron chi connectivity index (χ1n) is 7.94. The van der Waals surface area contributed by atoms with E-state index in [1.807, 2.05) is 0 Å². The maximum atomic E-state index is 14.4. The van der Waals surface area contributed by atoms with E-state index in [0.29, 0.717) is 5.56 Å². The van der Waals surface area contributed by atoms with Crippen LogP contribution >= 0.6 is 0 Å². The Morgan fingerprint density at radius 2 is 1.68 bits per heavy atom. The average Bonchev–Trinajstić information content (AvgIpc) is 2.68. The first kappa shape index (κ1) is 20.6. The van der Waals surface area contributed by atoms with Crippen molar-refractivity contribution in [3.05, 3.63) is 85.4 Å². The van der Waals surface area contributed by atoms with Gasteiger partial charge in [-0.1, -0.05) is 25.3 Å². The van der Waals surface area contributed by atoms with Crippen molar-refractivity contribution in [3.8, 4) is 22.6 Å². The third-order valence-electron chi connectivity index (χ3n) is 3.37. The van der Waals surface area contributed by atoms with Gasteiger partial charge in [0.05, 0.1) is 0 Å². The van der Waals surface area contributed by atoms with Gasteiger partial charge in [-0.25, -0.2) is 14.0 Å². The van der Waals surface area contributed by atoms with E-state index in [1.165, 1.54) is 43.3 Å². The van der Waals surface area contributed by atoms with Crippen LogP contribution in [0.4, 0.5) is 8.78 Å². The summed E-state index contributed by atoms with van der Waals surface area (Å²) in [4.78, 5) is 22.3. The third-order valence-corrected chi connectivity index (χ3v) is 3.37. The number of benzene rings is 2. The molecule has 2 aromatic rings. The maximum Gasteiger partial charge on any atom is 0.338 e. The molecule has 28 heavy (non-hydrogen) atoms. The van der Waals surface area contributed by atoms with Crippen molar-refractivity contribution in [3.63, 3.8) is 0 Å². The van der Waals surface area contributed by atoms with Crippen LogP contribution in [-0.4, -0.2) is 11.9 Å². The molecule has 2 rings (SSSR count). The minimum absolute atomic E-state index is 0.00954. The van der Waals surface area contributed by atoms with Crippen LogP contribution in [0.2, 0.25) is 0 Å². The lowest BCUT2D eigenvalue weighted by molar-refractivity contribution is -0.132. The number of hydrogen-bond donors (Lipinski definition) is 0. The number of ether oxygens (including phenoxy) is 3. The maximum absolute atomic E-state index is 14.4. The zero-order chi connectivity index (χ0) is 20.7. The fourth-order valence-electron chi connectivity index (χ4n) is 1.99. The molecule has 144 valence electrons. The van der Waals surface area contributed by atoms with Gasteiger partial charge in [-0.15, -0.1) is 0 Å². The summed E-state index contributed by atoms with van der Waals surface area (Å²) >= 11 is 0. The van der Waals surface area contributed by atoms with Gasteiger partial charge < -0.3 is 14.2 Å². The Hall–Kier alpha value is -3.74. The largest absolute Gasteiger partial charge is 0.459 e. The molecule has 0 N–H and O–H groups in total. The molecule has 0 unspecified atom stereocenters. The van der Waals surface area contributed by atoms with Crippen LogP contribution in [0, 0.1) is 11.6 Å². The van der Waals surface area contributed by atoms with Crippen LogP contribution in [-0.2, 0) is 14.3 Å². The second-order valence-electron chi connectivity index (χ2n) is 5.46. The molecule has 2 aromatic carbocycles. The molecule has 0 saturated heterocycles. The highest BCUT2D eigenvalue weighted by Gasteiger charge is 2.16. The quantitative estimate of drug-likeness (QED) is 0.299. The Balaban J connectivity index is 2.15. The molecular weight excluding hydrogens is 370 g/mol.